The minimum atomic E-state index is 0.165. The Kier molecular flexibility index (Phi) is 7.76. The highest BCUT2D eigenvalue weighted by Gasteiger charge is 2.25. The van der Waals surface area contributed by atoms with Crippen LogP contribution in [0.25, 0.3) is 0 Å². The van der Waals surface area contributed by atoms with E-state index in [0.29, 0.717) is 12.8 Å². The van der Waals surface area contributed by atoms with Crippen LogP contribution in [0, 0.1) is 0 Å². The molecule has 1 heterocycles. The number of carbonyl (C=O) groups excluding carboxylic acids is 2. The van der Waals surface area contributed by atoms with Crippen LogP contribution < -0.4 is 0 Å². The number of unbranched alkanes of at least 4 members (excludes halogenated alkanes) is 3. The Labute approximate surface area is 117 Å². The molecule has 0 aromatic carbocycles. The molecule has 0 spiro atoms. The van der Waals surface area contributed by atoms with Crippen molar-refractivity contribution < 1.29 is 9.59 Å². The molecule has 1 rings (SSSR count). The van der Waals surface area contributed by atoms with Crippen molar-refractivity contribution in [1.29, 1.82) is 0 Å². The van der Waals surface area contributed by atoms with Gasteiger partial charge in [-0.2, -0.15) is 0 Å². The summed E-state index contributed by atoms with van der Waals surface area (Å²) in [7, 11) is 0. The average Bonchev–Trinajstić information content (AvgIpc) is 2.59. The lowest BCUT2D eigenvalue weighted by molar-refractivity contribution is -0.134. The zero-order valence-electron chi connectivity index (χ0n) is 12.6. The maximum Gasteiger partial charge on any atom is 0.222 e. The van der Waals surface area contributed by atoms with E-state index in [9.17, 15) is 9.59 Å². The lowest BCUT2D eigenvalue weighted by Crippen LogP contribution is -2.40. The Hall–Kier alpha value is -0.860. The van der Waals surface area contributed by atoms with Gasteiger partial charge < -0.3 is 4.90 Å². The maximum absolute atomic E-state index is 12.3. The third-order valence-corrected chi connectivity index (χ3v) is 3.96. The van der Waals surface area contributed by atoms with Crippen LogP contribution in [0.3, 0.4) is 0 Å². The number of nitrogens with zero attached hydrogens (tertiary/aromatic N) is 1. The first-order valence-corrected chi connectivity index (χ1v) is 7.94. The van der Waals surface area contributed by atoms with E-state index in [0.717, 1.165) is 38.6 Å². The molecule has 0 aliphatic carbocycles. The van der Waals surface area contributed by atoms with Gasteiger partial charge in [0.2, 0.25) is 5.91 Å². The van der Waals surface area contributed by atoms with Crippen molar-refractivity contribution in [2.24, 2.45) is 0 Å². The summed E-state index contributed by atoms with van der Waals surface area (Å²) in [5.41, 5.74) is 0. The highest BCUT2D eigenvalue weighted by Crippen LogP contribution is 2.21. The molecule has 1 unspecified atom stereocenters. The quantitative estimate of drug-likeness (QED) is 0.659. The summed E-state index contributed by atoms with van der Waals surface area (Å²) >= 11 is 0. The minimum absolute atomic E-state index is 0.165. The number of hydrogen-bond donors (Lipinski definition) is 0. The van der Waals surface area contributed by atoms with Crippen LogP contribution in [0.5, 0.6) is 0 Å². The van der Waals surface area contributed by atoms with Crippen LogP contribution in [0.1, 0.15) is 78.1 Å². The molecule has 1 fully saturated rings. The second-order valence-corrected chi connectivity index (χ2v) is 5.81. The molecular weight excluding hydrogens is 238 g/mol. The maximum atomic E-state index is 12.3. The van der Waals surface area contributed by atoms with Gasteiger partial charge in [0, 0.05) is 25.4 Å². The van der Waals surface area contributed by atoms with Gasteiger partial charge in [-0.3, -0.25) is 9.59 Å². The van der Waals surface area contributed by atoms with Crippen LogP contribution in [0.2, 0.25) is 0 Å². The van der Waals surface area contributed by atoms with Gasteiger partial charge in [-0.05, 0) is 26.2 Å². The summed E-state index contributed by atoms with van der Waals surface area (Å²) in [4.78, 5) is 25.7. The van der Waals surface area contributed by atoms with Gasteiger partial charge in [0.25, 0.3) is 0 Å². The molecule has 1 saturated heterocycles. The fourth-order valence-electron chi connectivity index (χ4n) is 2.90. The van der Waals surface area contributed by atoms with E-state index in [1.165, 1.54) is 19.3 Å². The first kappa shape index (κ1) is 16.2. The number of ketones is 1. The van der Waals surface area contributed by atoms with Crippen molar-refractivity contribution in [3.8, 4) is 0 Å². The Morgan fingerprint density at radius 3 is 2.58 bits per heavy atom. The van der Waals surface area contributed by atoms with E-state index in [1.54, 1.807) is 6.92 Å². The van der Waals surface area contributed by atoms with Gasteiger partial charge in [0.05, 0.1) is 0 Å². The van der Waals surface area contributed by atoms with Gasteiger partial charge in [-0.25, -0.2) is 0 Å². The van der Waals surface area contributed by atoms with Gasteiger partial charge in [-0.1, -0.05) is 39.0 Å². The zero-order chi connectivity index (χ0) is 14.1. The van der Waals surface area contributed by atoms with Crippen molar-refractivity contribution >= 4 is 11.7 Å². The molecule has 0 aromatic rings. The molecule has 3 nitrogen and oxygen atoms in total. The molecule has 1 aliphatic rings. The molecule has 1 atom stereocenters. The van der Waals surface area contributed by atoms with E-state index in [2.05, 4.69) is 6.92 Å². The number of hydrogen-bond acceptors (Lipinski definition) is 2. The lowest BCUT2D eigenvalue weighted by Gasteiger charge is -2.29. The largest absolute Gasteiger partial charge is 0.339 e. The van der Waals surface area contributed by atoms with Crippen LogP contribution >= 0.6 is 0 Å². The highest BCUT2D eigenvalue weighted by molar-refractivity contribution is 5.79. The number of Topliss-reactive ketones (excluding diaryl/α,β-unsaturated/α-hetero) is 1. The second-order valence-electron chi connectivity index (χ2n) is 5.81. The van der Waals surface area contributed by atoms with E-state index in [-0.39, 0.29) is 17.7 Å². The van der Waals surface area contributed by atoms with E-state index in [1.807, 2.05) is 4.90 Å². The van der Waals surface area contributed by atoms with Crippen LogP contribution in [0.4, 0.5) is 0 Å². The van der Waals surface area contributed by atoms with Gasteiger partial charge in [-0.15, -0.1) is 0 Å². The van der Waals surface area contributed by atoms with Crippen molar-refractivity contribution in [2.45, 2.75) is 84.1 Å². The molecule has 19 heavy (non-hydrogen) atoms. The topological polar surface area (TPSA) is 37.4 Å². The molecule has 1 amide bonds. The Bertz CT molecular complexity index is 288. The molecule has 1 aliphatic heterocycles. The summed E-state index contributed by atoms with van der Waals surface area (Å²) in [6, 6.07) is 0.165. The zero-order valence-corrected chi connectivity index (χ0v) is 12.6. The third kappa shape index (κ3) is 6.22. The summed E-state index contributed by atoms with van der Waals surface area (Å²) in [5.74, 6) is 0.472. The molecule has 110 valence electrons. The molecule has 0 N–H and O–H groups in total. The van der Waals surface area contributed by atoms with Crippen LogP contribution in [-0.4, -0.2) is 29.2 Å². The van der Waals surface area contributed by atoms with E-state index in [4.69, 9.17) is 0 Å². The van der Waals surface area contributed by atoms with Gasteiger partial charge in [0.1, 0.15) is 5.78 Å². The first-order valence-electron chi connectivity index (χ1n) is 7.94. The summed E-state index contributed by atoms with van der Waals surface area (Å²) < 4.78 is 0. The van der Waals surface area contributed by atoms with Crippen molar-refractivity contribution in [2.75, 3.05) is 6.54 Å². The van der Waals surface area contributed by atoms with Gasteiger partial charge in [0.15, 0.2) is 0 Å². The highest BCUT2D eigenvalue weighted by atomic mass is 16.2. The van der Waals surface area contributed by atoms with Crippen LogP contribution in [0.15, 0.2) is 0 Å². The van der Waals surface area contributed by atoms with Crippen molar-refractivity contribution in [1.82, 2.24) is 4.90 Å². The molecular formula is C16H29NO2. The summed E-state index contributed by atoms with van der Waals surface area (Å²) in [6.07, 6.45) is 10.2. The van der Waals surface area contributed by atoms with Gasteiger partial charge >= 0.3 is 0 Å². The fourth-order valence-corrected chi connectivity index (χ4v) is 2.90. The Morgan fingerprint density at radius 2 is 1.89 bits per heavy atom. The molecule has 0 radical (unpaired) electrons. The minimum Gasteiger partial charge on any atom is -0.339 e. The normalized spacial score (nSPS) is 20.1. The molecule has 3 heteroatoms. The molecule has 0 aromatic heterocycles. The monoisotopic (exact) mass is 267 g/mol. The van der Waals surface area contributed by atoms with E-state index < -0.39 is 0 Å². The number of carbonyl (C=O) groups is 2. The lowest BCUT2D eigenvalue weighted by atomic mass is 10.0. The molecule has 0 saturated carbocycles. The standard InChI is InChI=1S/C16H29NO2/c1-3-4-5-8-11-16(19)17-12-9-6-7-10-15(17)13-14(2)18/h15H,3-13H2,1-2H3. The number of rotatable bonds is 7. The fraction of sp³-hybridized carbons (Fsp3) is 0.875. The first-order chi connectivity index (χ1) is 9.15. The average molecular weight is 267 g/mol. The molecule has 0 bridgehead atoms. The number of amides is 1. The van der Waals surface area contributed by atoms with Crippen molar-refractivity contribution in [3.63, 3.8) is 0 Å². The van der Waals surface area contributed by atoms with Crippen LogP contribution in [-0.2, 0) is 9.59 Å². The Morgan fingerprint density at radius 1 is 1.11 bits per heavy atom. The number of likely N-dealkylation sites (tertiary alicyclic amines) is 1. The van der Waals surface area contributed by atoms with E-state index >= 15 is 0 Å². The smallest absolute Gasteiger partial charge is 0.222 e. The second kappa shape index (κ2) is 9.11. The van der Waals surface area contributed by atoms with Crippen molar-refractivity contribution in [3.05, 3.63) is 0 Å². The third-order valence-electron chi connectivity index (χ3n) is 3.96. The summed E-state index contributed by atoms with van der Waals surface area (Å²) in [5, 5.41) is 0. The summed E-state index contributed by atoms with van der Waals surface area (Å²) in [6.45, 7) is 4.67. The predicted molar refractivity (Wildman–Crippen MR) is 78.0 cm³/mol. The predicted octanol–water partition coefficient (Wildman–Crippen LogP) is 3.71. The Balaban J connectivity index is 2.48. The SMILES string of the molecule is CCCCCCC(=O)N1CCCCCC1CC(C)=O.